The molecular formula is C20H27N3S2. The highest BCUT2D eigenvalue weighted by atomic mass is 32.1. The zero-order valence-corrected chi connectivity index (χ0v) is 16.9. The highest BCUT2D eigenvalue weighted by Crippen LogP contribution is 2.49. The summed E-state index contributed by atoms with van der Waals surface area (Å²) >= 11 is 3.68. The van der Waals surface area contributed by atoms with Gasteiger partial charge in [0.1, 0.15) is 0 Å². The molecule has 1 aliphatic carbocycles. The van der Waals surface area contributed by atoms with Gasteiger partial charge in [0.25, 0.3) is 0 Å². The van der Waals surface area contributed by atoms with Crippen LogP contribution in [0.15, 0.2) is 23.6 Å². The molecule has 0 bridgehead atoms. The smallest absolute Gasteiger partial charge is 0.0871 e. The number of thiophene rings is 2. The molecule has 0 saturated heterocycles. The fourth-order valence-electron chi connectivity index (χ4n) is 3.09. The van der Waals surface area contributed by atoms with Gasteiger partial charge in [-0.3, -0.25) is 4.98 Å². The Hall–Kier alpha value is -1.43. The first-order chi connectivity index (χ1) is 12.3. The molecule has 1 fully saturated rings. The van der Waals surface area contributed by atoms with Crippen molar-refractivity contribution < 1.29 is 0 Å². The van der Waals surface area contributed by atoms with Crippen molar-refractivity contribution in [2.24, 2.45) is 5.73 Å². The molecule has 5 heteroatoms. The fraction of sp³-hybridized carbons (Fsp3) is 0.450. The molecular weight excluding hydrogens is 346 g/mol. The van der Waals surface area contributed by atoms with Gasteiger partial charge in [-0.05, 0) is 61.7 Å². The maximum atomic E-state index is 5.83. The molecule has 3 heterocycles. The quantitative estimate of drug-likeness (QED) is 0.584. The zero-order valence-electron chi connectivity index (χ0n) is 15.3. The summed E-state index contributed by atoms with van der Waals surface area (Å²) in [5.74, 6) is 0.713. The number of nitrogens with one attached hydrogen (secondary N) is 1. The maximum Gasteiger partial charge on any atom is 0.0871 e. The summed E-state index contributed by atoms with van der Waals surface area (Å²) < 4.78 is 1.30. The van der Waals surface area contributed by atoms with Gasteiger partial charge in [0.15, 0.2) is 0 Å². The molecule has 0 atom stereocenters. The van der Waals surface area contributed by atoms with E-state index in [1.165, 1.54) is 44.1 Å². The predicted molar refractivity (Wildman–Crippen MR) is 112 cm³/mol. The van der Waals surface area contributed by atoms with Gasteiger partial charge >= 0.3 is 0 Å². The standard InChI is InChI=1S/C18H21N3S2.C2H6/c1-11-9-14(20-10-13-3-2-8-22-13)18-17(21-11)16(12-4-5-12)15(23-18)6-7-19;1-2/h2-3,8-9,12H,4-7,10,19H2,1H3,(H,20,21);1-2H3. The molecule has 1 aliphatic rings. The van der Waals surface area contributed by atoms with Crippen LogP contribution in [0.25, 0.3) is 10.2 Å². The Bertz CT molecular complexity index is 817. The number of nitrogens with zero attached hydrogens (tertiary/aromatic N) is 1. The van der Waals surface area contributed by atoms with Gasteiger partial charge in [-0.2, -0.15) is 0 Å². The molecule has 0 aliphatic heterocycles. The highest BCUT2D eigenvalue weighted by Gasteiger charge is 2.30. The van der Waals surface area contributed by atoms with Gasteiger partial charge in [-0.25, -0.2) is 0 Å². The van der Waals surface area contributed by atoms with Crippen molar-refractivity contribution in [3.05, 3.63) is 44.6 Å². The van der Waals surface area contributed by atoms with E-state index in [-0.39, 0.29) is 0 Å². The zero-order chi connectivity index (χ0) is 17.8. The molecule has 1 saturated carbocycles. The molecule has 0 aromatic carbocycles. The number of anilines is 1. The lowest BCUT2D eigenvalue weighted by Gasteiger charge is -2.08. The van der Waals surface area contributed by atoms with Crippen molar-refractivity contribution >= 4 is 38.6 Å². The molecule has 134 valence electrons. The van der Waals surface area contributed by atoms with Gasteiger partial charge in [0.2, 0.25) is 0 Å². The van der Waals surface area contributed by atoms with Gasteiger partial charge in [-0.1, -0.05) is 19.9 Å². The van der Waals surface area contributed by atoms with Gasteiger partial charge in [0, 0.05) is 22.0 Å². The monoisotopic (exact) mass is 373 g/mol. The third-order valence-electron chi connectivity index (χ3n) is 4.27. The molecule has 0 spiro atoms. The molecule has 3 N–H and O–H groups in total. The van der Waals surface area contributed by atoms with E-state index in [2.05, 4.69) is 35.8 Å². The second kappa shape index (κ2) is 8.30. The van der Waals surface area contributed by atoms with Crippen LogP contribution in [0.3, 0.4) is 0 Å². The Morgan fingerprint density at radius 2 is 2.12 bits per heavy atom. The SMILES string of the molecule is CC.Cc1cc(NCc2cccs2)c2sc(CCN)c(C3CC3)c2n1. The van der Waals surface area contributed by atoms with E-state index in [0.717, 1.165) is 18.7 Å². The van der Waals surface area contributed by atoms with Crippen LogP contribution in [0, 0.1) is 6.92 Å². The molecule has 3 aromatic rings. The van der Waals surface area contributed by atoms with Crippen molar-refractivity contribution in [1.29, 1.82) is 0 Å². The summed E-state index contributed by atoms with van der Waals surface area (Å²) in [6.07, 6.45) is 3.57. The van der Waals surface area contributed by atoms with E-state index in [0.29, 0.717) is 12.5 Å². The van der Waals surface area contributed by atoms with E-state index >= 15 is 0 Å². The normalized spacial score (nSPS) is 13.6. The number of pyridine rings is 1. The van der Waals surface area contributed by atoms with Crippen molar-refractivity contribution in [2.45, 2.75) is 52.5 Å². The Balaban J connectivity index is 0.000000880. The minimum Gasteiger partial charge on any atom is -0.379 e. The van der Waals surface area contributed by atoms with Crippen LogP contribution in [0.5, 0.6) is 0 Å². The van der Waals surface area contributed by atoms with E-state index in [4.69, 9.17) is 10.7 Å². The minimum atomic E-state index is 0.712. The summed E-state index contributed by atoms with van der Waals surface area (Å²) in [7, 11) is 0. The van der Waals surface area contributed by atoms with E-state index in [1.807, 2.05) is 25.2 Å². The fourth-order valence-corrected chi connectivity index (χ4v) is 5.07. The van der Waals surface area contributed by atoms with E-state index < -0.39 is 0 Å². The first kappa shape index (κ1) is 18.4. The molecule has 0 amide bonds. The molecule has 0 unspecified atom stereocenters. The molecule has 0 radical (unpaired) electrons. The third kappa shape index (κ3) is 4.05. The van der Waals surface area contributed by atoms with Crippen LogP contribution in [-0.2, 0) is 13.0 Å². The molecule has 3 nitrogen and oxygen atoms in total. The highest BCUT2D eigenvalue weighted by molar-refractivity contribution is 7.19. The summed E-state index contributed by atoms with van der Waals surface area (Å²) in [6.45, 7) is 7.68. The van der Waals surface area contributed by atoms with Crippen LogP contribution in [0.4, 0.5) is 5.69 Å². The Morgan fingerprint density at radius 3 is 2.76 bits per heavy atom. The van der Waals surface area contributed by atoms with E-state index in [9.17, 15) is 0 Å². The summed E-state index contributed by atoms with van der Waals surface area (Å²) in [6, 6.07) is 6.45. The lowest BCUT2D eigenvalue weighted by atomic mass is 10.1. The first-order valence-electron chi connectivity index (χ1n) is 9.15. The second-order valence-corrected chi connectivity index (χ2v) is 8.31. The largest absolute Gasteiger partial charge is 0.379 e. The average Bonchev–Trinajstić information content (AvgIpc) is 3.18. The molecule has 3 aromatic heterocycles. The van der Waals surface area contributed by atoms with Crippen LogP contribution < -0.4 is 11.1 Å². The Morgan fingerprint density at radius 1 is 1.32 bits per heavy atom. The van der Waals surface area contributed by atoms with Gasteiger partial charge < -0.3 is 11.1 Å². The number of nitrogens with two attached hydrogens (primary N) is 1. The first-order valence-corrected chi connectivity index (χ1v) is 10.8. The predicted octanol–water partition coefficient (Wildman–Crippen LogP) is 5.68. The van der Waals surface area contributed by atoms with Gasteiger partial charge in [-0.15, -0.1) is 22.7 Å². The maximum absolute atomic E-state index is 5.83. The van der Waals surface area contributed by atoms with Crippen LogP contribution in [0.1, 0.15) is 53.6 Å². The van der Waals surface area contributed by atoms with Crippen LogP contribution in [0.2, 0.25) is 0 Å². The van der Waals surface area contributed by atoms with Crippen molar-refractivity contribution in [3.63, 3.8) is 0 Å². The second-order valence-electron chi connectivity index (χ2n) is 6.17. The molecule has 4 rings (SSSR count). The van der Waals surface area contributed by atoms with E-state index in [1.54, 1.807) is 11.3 Å². The van der Waals surface area contributed by atoms with Crippen LogP contribution in [-0.4, -0.2) is 11.5 Å². The van der Waals surface area contributed by atoms with Crippen molar-refractivity contribution in [2.75, 3.05) is 11.9 Å². The van der Waals surface area contributed by atoms with Crippen molar-refractivity contribution in [1.82, 2.24) is 4.98 Å². The lowest BCUT2D eigenvalue weighted by Crippen LogP contribution is -2.02. The summed E-state index contributed by atoms with van der Waals surface area (Å²) in [5, 5.41) is 5.75. The summed E-state index contributed by atoms with van der Waals surface area (Å²) in [5.41, 5.74) is 10.8. The third-order valence-corrected chi connectivity index (χ3v) is 6.44. The van der Waals surface area contributed by atoms with Crippen LogP contribution >= 0.6 is 22.7 Å². The Kier molecular flexibility index (Phi) is 6.10. The van der Waals surface area contributed by atoms with Crippen molar-refractivity contribution in [3.8, 4) is 0 Å². The molecule has 25 heavy (non-hydrogen) atoms. The summed E-state index contributed by atoms with van der Waals surface area (Å²) in [4.78, 5) is 7.68. The lowest BCUT2D eigenvalue weighted by molar-refractivity contribution is 0.962. The number of aryl methyl sites for hydroxylation is 1. The number of hydrogen-bond donors (Lipinski definition) is 2. The number of fused-ring (bicyclic) bond motifs is 1. The Labute approximate surface area is 158 Å². The topological polar surface area (TPSA) is 50.9 Å². The number of rotatable bonds is 6. The number of aromatic nitrogens is 1. The average molecular weight is 374 g/mol. The minimum absolute atomic E-state index is 0.712. The van der Waals surface area contributed by atoms with Gasteiger partial charge in [0.05, 0.1) is 15.9 Å². The number of hydrogen-bond acceptors (Lipinski definition) is 5.